The topological polar surface area (TPSA) is 64.3 Å². The number of morpholine rings is 1. The van der Waals surface area contributed by atoms with Crippen molar-refractivity contribution in [1.29, 1.82) is 0 Å². The predicted octanol–water partition coefficient (Wildman–Crippen LogP) is 0.257. The number of hydrogen-bond acceptors (Lipinski definition) is 5. The van der Waals surface area contributed by atoms with Crippen LogP contribution in [0.25, 0.3) is 0 Å². The highest BCUT2D eigenvalue weighted by molar-refractivity contribution is 5.40. The van der Waals surface area contributed by atoms with Crippen molar-refractivity contribution in [3.8, 4) is 0 Å². The monoisotopic (exact) mass is 222 g/mol. The van der Waals surface area contributed by atoms with E-state index in [-0.39, 0.29) is 6.10 Å². The molecule has 1 fully saturated rings. The van der Waals surface area contributed by atoms with Gasteiger partial charge in [0.05, 0.1) is 12.7 Å². The van der Waals surface area contributed by atoms with Crippen molar-refractivity contribution in [1.82, 2.24) is 9.97 Å². The highest BCUT2D eigenvalue weighted by atomic mass is 16.5. The quantitative estimate of drug-likeness (QED) is 0.777. The van der Waals surface area contributed by atoms with Crippen molar-refractivity contribution in [3.63, 3.8) is 0 Å². The molecule has 5 nitrogen and oxygen atoms in total. The largest absolute Gasteiger partial charge is 0.373 e. The lowest BCUT2D eigenvalue weighted by atomic mass is 10.2. The van der Waals surface area contributed by atoms with Crippen molar-refractivity contribution in [2.24, 2.45) is 5.73 Å². The summed E-state index contributed by atoms with van der Waals surface area (Å²) >= 11 is 0. The van der Waals surface area contributed by atoms with Crippen LogP contribution < -0.4 is 10.6 Å². The van der Waals surface area contributed by atoms with Crippen molar-refractivity contribution in [2.75, 3.05) is 31.1 Å². The molecule has 2 heterocycles. The summed E-state index contributed by atoms with van der Waals surface area (Å²) in [5.74, 6) is 1.79. The molecule has 0 saturated carbocycles. The van der Waals surface area contributed by atoms with Crippen LogP contribution in [0.3, 0.4) is 0 Å². The molecule has 1 unspecified atom stereocenters. The van der Waals surface area contributed by atoms with Crippen LogP contribution in [0.2, 0.25) is 0 Å². The first kappa shape index (κ1) is 11.3. The Morgan fingerprint density at radius 1 is 1.50 bits per heavy atom. The molecule has 1 aliphatic rings. The van der Waals surface area contributed by atoms with Gasteiger partial charge in [0, 0.05) is 31.4 Å². The maximum Gasteiger partial charge on any atom is 0.132 e. The smallest absolute Gasteiger partial charge is 0.132 e. The van der Waals surface area contributed by atoms with Gasteiger partial charge in [-0.2, -0.15) is 0 Å². The van der Waals surface area contributed by atoms with Crippen LogP contribution >= 0.6 is 0 Å². The number of hydrogen-bond donors (Lipinski definition) is 1. The Kier molecular flexibility index (Phi) is 3.36. The van der Waals surface area contributed by atoms with Crippen molar-refractivity contribution in [2.45, 2.75) is 20.0 Å². The van der Waals surface area contributed by atoms with E-state index in [1.54, 1.807) is 0 Å². The van der Waals surface area contributed by atoms with Crippen LogP contribution in [0.1, 0.15) is 11.5 Å². The molecule has 1 aromatic rings. The van der Waals surface area contributed by atoms with Crippen LogP contribution in [-0.2, 0) is 4.74 Å². The molecule has 88 valence electrons. The van der Waals surface area contributed by atoms with E-state index in [1.807, 2.05) is 19.9 Å². The summed E-state index contributed by atoms with van der Waals surface area (Å²) in [6.45, 7) is 6.85. The molecule has 0 bridgehead atoms. The third-order valence-corrected chi connectivity index (χ3v) is 2.68. The fourth-order valence-electron chi connectivity index (χ4n) is 1.93. The van der Waals surface area contributed by atoms with Crippen molar-refractivity contribution < 1.29 is 4.74 Å². The summed E-state index contributed by atoms with van der Waals surface area (Å²) in [5, 5.41) is 0. The van der Waals surface area contributed by atoms with Crippen molar-refractivity contribution >= 4 is 5.82 Å². The van der Waals surface area contributed by atoms with Crippen LogP contribution in [0.5, 0.6) is 0 Å². The molecule has 1 aliphatic heterocycles. The molecule has 1 aromatic heterocycles. The van der Waals surface area contributed by atoms with Gasteiger partial charge in [-0.3, -0.25) is 0 Å². The summed E-state index contributed by atoms with van der Waals surface area (Å²) in [4.78, 5) is 10.9. The van der Waals surface area contributed by atoms with E-state index in [1.165, 1.54) is 0 Å². The molecule has 0 radical (unpaired) electrons. The van der Waals surface area contributed by atoms with Gasteiger partial charge in [-0.15, -0.1) is 0 Å². The van der Waals surface area contributed by atoms with Gasteiger partial charge in [0.25, 0.3) is 0 Å². The minimum Gasteiger partial charge on any atom is -0.373 e. The molecule has 0 aromatic carbocycles. The zero-order valence-corrected chi connectivity index (χ0v) is 9.81. The SMILES string of the molecule is Cc1cc(N2CCOC(CN)C2)nc(C)n1. The predicted molar refractivity (Wildman–Crippen MR) is 62.5 cm³/mol. The zero-order valence-electron chi connectivity index (χ0n) is 9.81. The van der Waals surface area contributed by atoms with E-state index in [0.29, 0.717) is 13.2 Å². The first-order valence-electron chi connectivity index (χ1n) is 5.58. The summed E-state index contributed by atoms with van der Waals surface area (Å²) in [7, 11) is 0. The molecule has 2 rings (SSSR count). The van der Waals surface area contributed by atoms with Gasteiger partial charge in [-0.25, -0.2) is 9.97 Å². The van der Waals surface area contributed by atoms with Gasteiger partial charge < -0.3 is 15.4 Å². The summed E-state index contributed by atoms with van der Waals surface area (Å²) in [6.07, 6.45) is 0.115. The molecule has 16 heavy (non-hydrogen) atoms. The number of rotatable bonds is 2. The molecule has 1 saturated heterocycles. The average Bonchev–Trinajstić information content (AvgIpc) is 2.28. The Hall–Kier alpha value is -1.20. The van der Waals surface area contributed by atoms with Gasteiger partial charge in [-0.1, -0.05) is 0 Å². The van der Waals surface area contributed by atoms with Crippen molar-refractivity contribution in [3.05, 3.63) is 17.6 Å². The minimum absolute atomic E-state index is 0.115. The number of aromatic nitrogens is 2. The third-order valence-electron chi connectivity index (χ3n) is 2.68. The number of nitrogens with two attached hydrogens (primary N) is 1. The summed E-state index contributed by atoms with van der Waals surface area (Å²) in [6, 6.07) is 2.01. The van der Waals surface area contributed by atoms with Gasteiger partial charge in [0.1, 0.15) is 11.6 Å². The average molecular weight is 222 g/mol. The normalized spacial score (nSPS) is 21.2. The van der Waals surface area contributed by atoms with Gasteiger partial charge in [-0.05, 0) is 13.8 Å². The maximum atomic E-state index is 5.62. The van der Waals surface area contributed by atoms with Crippen LogP contribution in [0, 0.1) is 13.8 Å². The summed E-state index contributed by atoms with van der Waals surface area (Å²) in [5.41, 5.74) is 6.62. The minimum atomic E-state index is 0.115. The Morgan fingerprint density at radius 3 is 3.00 bits per heavy atom. The Labute approximate surface area is 95.6 Å². The van der Waals surface area contributed by atoms with Gasteiger partial charge in [0.15, 0.2) is 0 Å². The van der Waals surface area contributed by atoms with E-state index < -0.39 is 0 Å². The number of aryl methyl sites for hydroxylation is 2. The highest BCUT2D eigenvalue weighted by Crippen LogP contribution is 2.15. The lowest BCUT2D eigenvalue weighted by Crippen LogP contribution is -2.46. The lowest BCUT2D eigenvalue weighted by molar-refractivity contribution is 0.0463. The molecule has 0 aliphatic carbocycles. The Balaban J connectivity index is 2.16. The molecule has 1 atom stereocenters. The third kappa shape index (κ3) is 2.48. The second kappa shape index (κ2) is 4.76. The Bertz CT molecular complexity index is 349. The highest BCUT2D eigenvalue weighted by Gasteiger charge is 2.20. The van der Waals surface area contributed by atoms with Gasteiger partial charge >= 0.3 is 0 Å². The fraction of sp³-hybridized carbons (Fsp3) is 0.636. The van der Waals surface area contributed by atoms with E-state index in [2.05, 4.69) is 14.9 Å². The first-order valence-corrected chi connectivity index (χ1v) is 5.58. The molecule has 5 heteroatoms. The van der Waals surface area contributed by atoms with E-state index in [4.69, 9.17) is 10.5 Å². The number of anilines is 1. The van der Waals surface area contributed by atoms with Crippen LogP contribution in [0.15, 0.2) is 6.07 Å². The van der Waals surface area contributed by atoms with Crippen LogP contribution in [-0.4, -0.2) is 42.3 Å². The Morgan fingerprint density at radius 2 is 2.31 bits per heavy atom. The molecule has 0 amide bonds. The summed E-state index contributed by atoms with van der Waals surface area (Å²) < 4.78 is 5.53. The van der Waals surface area contributed by atoms with E-state index >= 15 is 0 Å². The zero-order chi connectivity index (χ0) is 11.5. The second-order valence-electron chi connectivity index (χ2n) is 4.09. The standard InChI is InChI=1S/C11H18N4O/c1-8-5-11(14-9(2)13-8)15-3-4-16-10(6-12)7-15/h5,10H,3-4,6-7,12H2,1-2H3. The maximum absolute atomic E-state index is 5.62. The lowest BCUT2D eigenvalue weighted by Gasteiger charge is -2.33. The fourth-order valence-corrected chi connectivity index (χ4v) is 1.93. The second-order valence-corrected chi connectivity index (χ2v) is 4.09. The van der Waals surface area contributed by atoms with E-state index in [0.717, 1.165) is 30.4 Å². The molecule has 0 spiro atoms. The number of nitrogens with zero attached hydrogens (tertiary/aromatic N) is 3. The molecular weight excluding hydrogens is 204 g/mol. The number of ether oxygens (including phenoxy) is 1. The van der Waals surface area contributed by atoms with Crippen LogP contribution in [0.4, 0.5) is 5.82 Å². The van der Waals surface area contributed by atoms with E-state index in [9.17, 15) is 0 Å². The van der Waals surface area contributed by atoms with Gasteiger partial charge in [0.2, 0.25) is 0 Å². The molecular formula is C11H18N4O. The molecule has 2 N–H and O–H groups in total. The first-order chi connectivity index (χ1) is 7.69.